The van der Waals surface area contributed by atoms with Crippen molar-refractivity contribution >= 4 is 11.6 Å². The van der Waals surface area contributed by atoms with Crippen LogP contribution in [-0.4, -0.2) is 31.1 Å². The van der Waals surface area contributed by atoms with Crippen LogP contribution >= 0.6 is 11.6 Å². The molecule has 1 heterocycles. The molecule has 1 aliphatic heterocycles. The van der Waals surface area contributed by atoms with Crippen LogP contribution in [0, 0.1) is 0 Å². The third-order valence-electron chi connectivity index (χ3n) is 3.49. The van der Waals surface area contributed by atoms with Crippen LogP contribution in [0.1, 0.15) is 38.2 Å². The average molecular weight is 268 g/mol. The molecule has 2 nitrogen and oxygen atoms in total. The van der Waals surface area contributed by atoms with E-state index >= 15 is 0 Å². The number of rotatable bonds is 5. The van der Waals surface area contributed by atoms with Crippen molar-refractivity contribution in [2.24, 2.45) is 0 Å². The highest BCUT2D eigenvalue weighted by Crippen LogP contribution is 2.28. The number of benzene rings is 1. The van der Waals surface area contributed by atoms with Crippen molar-refractivity contribution in [3.8, 4) is 5.75 Å². The largest absolute Gasteiger partial charge is 0.491 e. The summed E-state index contributed by atoms with van der Waals surface area (Å²) in [5, 5.41) is 0.709. The molecular formula is C15H22ClNO. The molecule has 0 radical (unpaired) electrons. The molecule has 0 aromatic heterocycles. The van der Waals surface area contributed by atoms with Crippen molar-refractivity contribution < 1.29 is 4.74 Å². The normalized spacial score (nSPS) is 16.4. The van der Waals surface area contributed by atoms with E-state index in [1.807, 2.05) is 6.07 Å². The smallest absolute Gasteiger partial charge is 0.138 e. The van der Waals surface area contributed by atoms with Gasteiger partial charge in [0.2, 0.25) is 0 Å². The quantitative estimate of drug-likeness (QED) is 0.801. The van der Waals surface area contributed by atoms with Gasteiger partial charge in [-0.25, -0.2) is 0 Å². The summed E-state index contributed by atoms with van der Waals surface area (Å²) in [6.45, 7) is 8.50. The first-order chi connectivity index (χ1) is 8.66. The van der Waals surface area contributed by atoms with Gasteiger partial charge >= 0.3 is 0 Å². The average Bonchev–Trinajstić information content (AvgIpc) is 2.84. The maximum Gasteiger partial charge on any atom is 0.138 e. The molecule has 3 heteroatoms. The van der Waals surface area contributed by atoms with E-state index in [1.165, 1.54) is 31.5 Å². The Kier molecular flexibility index (Phi) is 4.90. The van der Waals surface area contributed by atoms with Crippen LogP contribution in [0.5, 0.6) is 5.75 Å². The monoisotopic (exact) mass is 267 g/mol. The first-order valence-corrected chi connectivity index (χ1v) is 7.19. The molecule has 1 fully saturated rings. The Bertz CT molecular complexity index is 386. The van der Waals surface area contributed by atoms with E-state index in [0.29, 0.717) is 10.9 Å². The summed E-state index contributed by atoms with van der Waals surface area (Å²) in [4.78, 5) is 2.44. The minimum absolute atomic E-state index is 0.503. The maximum absolute atomic E-state index is 6.16. The summed E-state index contributed by atoms with van der Waals surface area (Å²) in [7, 11) is 0. The van der Waals surface area contributed by atoms with Crippen molar-refractivity contribution in [3.05, 3.63) is 28.8 Å². The molecule has 0 unspecified atom stereocenters. The van der Waals surface area contributed by atoms with Crippen LogP contribution in [-0.2, 0) is 0 Å². The third-order valence-corrected chi connectivity index (χ3v) is 3.80. The lowest BCUT2D eigenvalue weighted by molar-refractivity contribution is 0.237. The Morgan fingerprint density at radius 2 is 2.00 bits per heavy atom. The lowest BCUT2D eigenvalue weighted by Crippen LogP contribution is -2.25. The van der Waals surface area contributed by atoms with Gasteiger partial charge in [-0.2, -0.15) is 0 Å². The number of likely N-dealkylation sites (tertiary alicyclic amines) is 1. The van der Waals surface area contributed by atoms with Gasteiger partial charge in [0.1, 0.15) is 12.4 Å². The van der Waals surface area contributed by atoms with Crippen LogP contribution in [0.25, 0.3) is 0 Å². The molecule has 0 aliphatic carbocycles. The van der Waals surface area contributed by atoms with Crippen LogP contribution in [0.2, 0.25) is 5.02 Å². The van der Waals surface area contributed by atoms with Gasteiger partial charge in [-0.05, 0) is 49.5 Å². The lowest BCUT2D eigenvalue weighted by Gasteiger charge is -2.16. The Morgan fingerprint density at radius 3 is 2.67 bits per heavy atom. The van der Waals surface area contributed by atoms with E-state index < -0.39 is 0 Å². The van der Waals surface area contributed by atoms with E-state index in [9.17, 15) is 0 Å². The molecule has 100 valence electrons. The van der Waals surface area contributed by atoms with Gasteiger partial charge in [-0.1, -0.05) is 31.5 Å². The highest BCUT2D eigenvalue weighted by molar-refractivity contribution is 6.32. The van der Waals surface area contributed by atoms with Gasteiger partial charge in [0.05, 0.1) is 5.02 Å². The molecular weight excluding hydrogens is 246 g/mol. The van der Waals surface area contributed by atoms with Crippen molar-refractivity contribution in [1.29, 1.82) is 0 Å². The number of ether oxygens (including phenoxy) is 1. The molecule has 0 saturated carbocycles. The first kappa shape index (κ1) is 13.7. The lowest BCUT2D eigenvalue weighted by atomic mass is 10.0. The summed E-state index contributed by atoms with van der Waals surface area (Å²) in [5.74, 6) is 1.32. The predicted molar refractivity (Wildman–Crippen MR) is 76.7 cm³/mol. The fourth-order valence-corrected chi connectivity index (χ4v) is 2.45. The molecule has 1 saturated heterocycles. The van der Waals surface area contributed by atoms with Crippen molar-refractivity contribution in [1.82, 2.24) is 4.90 Å². The van der Waals surface area contributed by atoms with Gasteiger partial charge in [-0.3, -0.25) is 4.90 Å². The Morgan fingerprint density at radius 1 is 1.28 bits per heavy atom. The zero-order valence-electron chi connectivity index (χ0n) is 11.3. The van der Waals surface area contributed by atoms with Gasteiger partial charge in [-0.15, -0.1) is 0 Å². The summed E-state index contributed by atoms with van der Waals surface area (Å²) in [6, 6.07) is 6.07. The Balaban J connectivity index is 1.89. The first-order valence-electron chi connectivity index (χ1n) is 6.81. The highest BCUT2D eigenvalue weighted by atomic mass is 35.5. The van der Waals surface area contributed by atoms with Crippen LogP contribution in [0.15, 0.2) is 18.2 Å². The van der Waals surface area contributed by atoms with E-state index in [2.05, 4.69) is 30.9 Å². The Labute approximate surface area is 115 Å². The predicted octanol–water partition coefficient (Wildman–Crippen LogP) is 3.94. The number of hydrogen-bond donors (Lipinski definition) is 0. The van der Waals surface area contributed by atoms with Gasteiger partial charge < -0.3 is 4.74 Å². The second-order valence-electron chi connectivity index (χ2n) is 5.24. The molecule has 1 aliphatic rings. The van der Waals surface area contributed by atoms with E-state index in [0.717, 1.165) is 18.9 Å². The van der Waals surface area contributed by atoms with E-state index in [-0.39, 0.29) is 0 Å². The van der Waals surface area contributed by atoms with Crippen LogP contribution < -0.4 is 4.74 Å². The maximum atomic E-state index is 6.16. The second kappa shape index (κ2) is 6.44. The molecule has 18 heavy (non-hydrogen) atoms. The Hall–Kier alpha value is -0.730. The minimum Gasteiger partial charge on any atom is -0.491 e. The van der Waals surface area contributed by atoms with E-state index in [4.69, 9.17) is 16.3 Å². The van der Waals surface area contributed by atoms with Gasteiger partial charge in [0.15, 0.2) is 0 Å². The minimum atomic E-state index is 0.503. The number of hydrogen-bond acceptors (Lipinski definition) is 2. The standard InChI is InChI=1S/C15H22ClNO/c1-12(2)13-5-6-14(16)15(11-13)18-10-9-17-7-3-4-8-17/h5-6,11-12H,3-4,7-10H2,1-2H3. The molecule has 1 aromatic carbocycles. The fraction of sp³-hybridized carbons (Fsp3) is 0.600. The highest BCUT2D eigenvalue weighted by Gasteiger charge is 2.11. The third kappa shape index (κ3) is 3.63. The van der Waals surface area contributed by atoms with Crippen molar-refractivity contribution in [3.63, 3.8) is 0 Å². The summed E-state index contributed by atoms with van der Waals surface area (Å²) < 4.78 is 5.82. The zero-order chi connectivity index (χ0) is 13.0. The molecule has 2 rings (SSSR count). The SMILES string of the molecule is CC(C)c1ccc(Cl)c(OCCN2CCCC2)c1. The van der Waals surface area contributed by atoms with Crippen molar-refractivity contribution in [2.75, 3.05) is 26.2 Å². The molecule has 0 bridgehead atoms. The van der Waals surface area contributed by atoms with Gasteiger partial charge in [0, 0.05) is 6.54 Å². The summed E-state index contributed by atoms with van der Waals surface area (Å²) >= 11 is 6.16. The number of nitrogens with zero attached hydrogens (tertiary/aromatic N) is 1. The summed E-state index contributed by atoms with van der Waals surface area (Å²) in [6.07, 6.45) is 2.65. The molecule has 1 aromatic rings. The van der Waals surface area contributed by atoms with Gasteiger partial charge in [0.25, 0.3) is 0 Å². The number of halogens is 1. The van der Waals surface area contributed by atoms with E-state index in [1.54, 1.807) is 0 Å². The molecule has 0 amide bonds. The molecule has 0 spiro atoms. The van der Waals surface area contributed by atoms with Crippen LogP contribution in [0.4, 0.5) is 0 Å². The zero-order valence-corrected chi connectivity index (χ0v) is 12.0. The van der Waals surface area contributed by atoms with Crippen molar-refractivity contribution in [2.45, 2.75) is 32.6 Å². The van der Waals surface area contributed by atoms with Crippen LogP contribution in [0.3, 0.4) is 0 Å². The second-order valence-corrected chi connectivity index (χ2v) is 5.65. The topological polar surface area (TPSA) is 12.5 Å². The summed E-state index contributed by atoms with van der Waals surface area (Å²) in [5.41, 5.74) is 1.27. The molecule has 0 atom stereocenters. The molecule has 0 N–H and O–H groups in total. The fourth-order valence-electron chi connectivity index (χ4n) is 2.28.